The maximum Gasteiger partial charge on any atom is 0.339 e. The average Bonchev–Trinajstić information content (AvgIpc) is 2.82. The molecule has 4 aromatic rings. The molecule has 0 aliphatic heterocycles. The summed E-state index contributed by atoms with van der Waals surface area (Å²) in [5.74, 6) is 0.348. The molecular formula is C25H20FNO4. The number of nitrogens with zero attached hydrogens (tertiary/aromatic N) is 1. The SMILES string of the molecule is COc1ccc(-c2cc(C(=O)OCc3ccc(F)cc3)c3ccccc3n2)cc1OC. The Kier molecular flexibility index (Phi) is 5.80. The normalized spacial score (nSPS) is 10.7. The summed E-state index contributed by atoms with van der Waals surface area (Å²) in [6.45, 7) is 0.0431. The number of methoxy groups -OCH3 is 2. The molecule has 0 unspecified atom stereocenters. The fourth-order valence-electron chi connectivity index (χ4n) is 3.29. The van der Waals surface area contributed by atoms with Gasteiger partial charge < -0.3 is 14.2 Å². The van der Waals surface area contributed by atoms with Gasteiger partial charge in [-0.1, -0.05) is 30.3 Å². The van der Waals surface area contributed by atoms with E-state index in [9.17, 15) is 9.18 Å². The number of para-hydroxylation sites is 1. The number of halogens is 1. The number of fused-ring (bicyclic) bond motifs is 1. The Bertz CT molecular complexity index is 1240. The van der Waals surface area contributed by atoms with Crippen LogP contribution in [0.2, 0.25) is 0 Å². The van der Waals surface area contributed by atoms with Gasteiger partial charge in [0.2, 0.25) is 0 Å². The molecule has 0 aliphatic carbocycles. The van der Waals surface area contributed by atoms with Gasteiger partial charge in [-0.05, 0) is 48.0 Å². The summed E-state index contributed by atoms with van der Waals surface area (Å²) in [6.07, 6.45) is 0. The van der Waals surface area contributed by atoms with E-state index in [1.54, 1.807) is 38.5 Å². The van der Waals surface area contributed by atoms with Crippen LogP contribution in [0, 0.1) is 5.82 Å². The van der Waals surface area contributed by atoms with E-state index in [4.69, 9.17) is 19.2 Å². The van der Waals surface area contributed by atoms with Crippen LogP contribution in [0.15, 0.2) is 72.8 Å². The zero-order chi connectivity index (χ0) is 21.8. The van der Waals surface area contributed by atoms with Gasteiger partial charge in [0.25, 0.3) is 0 Å². The van der Waals surface area contributed by atoms with E-state index in [1.807, 2.05) is 36.4 Å². The van der Waals surface area contributed by atoms with Gasteiger partial charge in [-0.2, -0.15) is 0 Å². The predicted octanol–water partition coefficient (Wildman–Crippen LogP) is 5.42. The monoisotopic (exact) mass is 417 g/mol. The third kappa shape index (κ3) is 4.33. The number of rotatable bonds is 6. The van der Waals surface area contributed by atoms with Crippen LogP contribution in [0.4, 0.5) is 4.39 Å². The summed E-state index contributed by atoms with van der Waals surface area (Å²) in [6, 6.07) is 20.4. The van der Waals surface area contributed by atoms with E-state index in [-0.39, 0.29) is 12.4 Å². The Hall–Kier alpha value is -3.93. The number of esters is 1. The Morgan fingerprint density at radius 3 is 2.39 bits per heavy atom. The molecule has 1 aromatic heterocycles. The molecule has 4 rings (SSSR count). The lowest BCUT2D eigenvalue weighted by Crippen LogP contribution is -2.07. The second-order valence-corrected chi connectivity index (χ2v) is 6.84. The van der Waals surface area contributed by atoms with Crippen LogP contribution < -0.4 is 9.47 Å². The Balaban J connectivity index is 1.71. The quantitative estimate of drug-likeness (QED) is 0.392. The largest absolute Gasteiger partial charge is 0.493 e. The second kappa shape index (κ2) is 8.83. The predicted molar refractivity (Wildman–Crippen MR) is 116 cm³/mol. The zero-order valence-corrected chi connectivity index (χ0v) is 17.1. The summed E-state index contributed by atoms with van der Waals surface area (Å²) in [4.78, 5) is 17.6. The number of aromatic nitrogens is 1. The fourth-order valence-corrected chi connectivity index (χ4v) is 3.29. The Morgan fingerprint density at radius 2 is 1.65 bits per heavy atom. The first-order chi connectivity index (χ1) is 15.1. The molecule has 0 saturated heterocycles. The average molecular weight is 417 g/mol. The number of carbonyl (C=O) groups excluding carboxylic acids is 1. The highest BCUT2D eigenvalue weighted by molar-refractivity contribution is 6.04. The molecule has 0 bridgehead atoms. The van der Waals surface area contributed by atoms with Crippen molar-refractivity contribution in [1.82, 2.24) is 4.98 Å². The van der Waals surface area contributed by atoms with Crippen LogP contribution in [-0.4, -0.2) is 25.2 Å². The molecule has 156 valence electrons. The van der Waals surface area contributed by atoms with Crippen molar-refractivity contribution < 1.29 is 23.4 Å². The van der Waals surface area contributed by atoms with Crippen LogP contribution in [0.1, 0.15) is 15.9 Å². The highest BCUT2D eigenvalue weighted by Crippen LogP contribution is 2.33. The molecule has 5 nitrogen and oxygen atoms in total. The molecule has 0 N–H and O–H groups in total. The minimum absolute atomic E-state index is 0.0431. The molecular weight excluding hydrogens is 397 g/mol. The summed E-state index contributed by atoms with van der Waals surface area (Å²) in [5.41, 5.74) is 3.15. The van der Waals surface area contributed by atoms with Crippen LogP contribution in [0.25, 0.3) is 22.2 Å². The van der Waals surface area contributed by atoms with Gasteiger partial charge in [-0.3, -0.25) is 0 Å². The van der Waals surface area contributed by atoms with Crippen molar-refractivity contribution in [3.05, 3.63) is 89.7 Å². The fraction of sp³-hybridized carbons (Fsp3) is 0.120. The lowest BCUT2D eigenvalue weighted by atomic mass is 10.0. The number of pyridine rings is 1. The van der Waals surface area contributed by atoms with Crippen molar-refractivity contribution in [2.45, 2.75) is 6.61 Å². The summed E-state index contributed by atoms with van der Waals surface area (Å²) >= 11 is 0. The van der Waals surface area contributed by atoms with Crippen molar-refractivity contribution in [1.29, 1.82) is 0 Å². The standard InChI is InChI=1S/C25H20FNO4/c1-29-23-12-9-17(13-24(23)30-2)22-14-20(19-5-3-4-6-21(19)27-22)25(28)31-15-16-7-10-18(26)11-8-16/h3-14H,15H2,1-2H3. The number of carbonyl (C=O) groups is 1. The van der Waals surface area contributed by atoms with Crippen LogP contribution >= 0.6 is 0 Å². The molecule has 6 heteroatoms. The molecule has 1 heterocycles. The van der Waals surface area contributed by atoms with E-state index >= 15 is 0 Å². The summed E-state index contributed by atoms with van der Waals surface area (Å²) in [7, 11) is 3.13. The number of ether oxygens (including phenoxy) is 3. The van der Waals surface area contributed by atoms with Gasteiger partial charge >= 0.3 is 5.97 Å². The minimum atomic E-state index is -0.482. The highest BCUT2D eigenvalue weighted by Gasteiger charge is 2.16. The molecule has 0 atom stereocenters. The van der Waals surface area contributed by atoms with Crippen LogP contribution in [0.5, 0.6) is 11.5 Å². The first-order valence-electron chi connectivity index (χ1n) is 9.63. The van der Waals surface area contributed by atoms with Gasteiger partial charge in [0.1, 0.15) is 12.4 Å². The molecule has 0 amide bonds. The lowest BCUT2D eigenvalue weighted by molar-refractivity contribution is 0.0475. The van der Waals surface area contributed by atoms with E-state index in [2.05, 4.69) is 0 Å². The first kappa shape index (κ1) is 20.3. The van der Waals surface area contributed by atoms with Crippen molar-refractivity contribution in [3.8, 4) is 22.8 Å². The second-order valence-electron chi connectivity index (χ2n) is 6.84. The summed E-state index contributed by atoms with van der Waals surface area (Å²) in [5, 5.41) is 0.691. The molecule has 31 heavy (non-hydrogen) atoms. The third-order valence-corrected chi connectivity index (χ3v) is 4.90. The number of hydrogen-bond acceptors (Lipinski definition) is 5. The minimum Gasteiger partial charge on any atom is -0.493 e. The van der Waals surface area contributed by atoms with Gasteiger partial charge in [0, 0.05) is 10.9 Å². The van der Waals surface area contributed by atoms with Crippen molar-refractivity contribution >= 4 is 16.9 Å². The van der Waals surface area contributed by atoms with Crippen molar-refractivity contribution in [3.63, 3.8) is 0 Å². The Morgan fingerprint density at radius 1 is 0.903 bits per heavy atom. The first-order valence-corrected chi connectivity index (χ1v) is 9.63. The maximum atomic E-state index is 13.1. The van der Waals surface area contributed by atoms with Gasteiger partial charge in [-0.15, -0.1) is 0 Å². The molecule has 0 saturated carbocycles. The van der Waals surface area contributed by atoms with Crippen molar-refractivity contribution in [2.24, 2.45) is 0 Å². The number of hydrogen-bond donors (Lipinski definition) is 0. The smallest absolute Gasteiger partial charge is 0.339 e. The van der Waals surface area contributed by atoms with E-state index in [0.29, 0.717) is 39.2 Å². The lowest BCUT2D eigenvalue weighted by Gasteiger charge is -2.12. The maximum absolute atomic E-state index is 13.1. The van der Waals surface area contributed by atoms with E-state index in [0.717, 1.165) is 5.56 Å². The van der Waals surface area contributed by atoms with Crippen LogP contribution in [-0.2, 0) is 11.3 Å². The zero-order valence-electron chi connectivity index (χ0n) is 17.1. The topological polar surface area (TPSA) is 57.7 Å². The van der Waals surface area contributed by atoms with E-state index in [1.165, 1.54) is 12.1 Å². The highest BCUT2D eigenvalue weighted by atomic mass is 19.1. The molecule has 0 spiro atoms. The molecule has 0 fully saturated rings. The van der Waals surface area contributed by atoms with E-state index < -0.39 is 5.97 Å². The van der Waals surface area contributed by atoms with Crippen molar-refractivity contribution in [2.75, 3.05) is 14.2 Å². The van der Waals surface area contributed by atoms with Gasteiger partial charge in [0.15, 0.2) is 11.5 Å². The van der Waals surface area contributed by atoms with Gasteiger partial charge in [-0.25, -0.2) is 14.2 Å². The Labute approximate surface area is 179 Å². The molecule has 0 aliphatic rings. The molecule has 3 aromatic carbocycles. The molecule has 0 radical (unpaired) electrons. The number of benzene rings is 3. The van der Waals surface area contributed by atoms with Crippen LogP contribution in [0.3, 0.4) is 0 Å². The third-order valence-electron chi connectivity index (χ3n) is 4.90. The summed E-state index contributed by atoms with van der Waals surface area (Å²) < 4.78 is 29.3. The van der Waals surface area contributed by atoms with Gasteiger partial charge in [0.05, 0.1) is 31.0 Å².